The largest absolute Gasteiger partial charge is 0.459 e. The normalized spacial score (nSPS) is 17.7. The molecule has 172 valence electrons. The molecule has 2 N–H and O–H groups in total. The van der Waals surface area contributed by atoms with Crippen molar-refractivity contribution in [3.05, 3.63) is 93.5 Å². The van der Waals surface area contributed by atoms with Crippen LogP contribution in [-0.4, -0.2) is 28.2 Å². The van der Waals surface area contributed by atoms with Gasteiger partial charge >= 0.3 is 11.7 Å². The molecule has 3 aromatic rings. The second-order valence-electron chi connectivity index (χ2n) is 8.07. The number of ether oxygens (including phenoxy) is 3. The molecule has 2 heterocycles. The molecule has 8 heteroatoms. The van der Waals surface area contributed by atoms with Gasteiger partial charge in [0.1, 0.15) is 18.7 Å². The highest BCUT2D eigenvalue weighted by Gasteiger charge is 2.29. The minimum absolute atomic E-state index is 0.118. The number of aryl methyl sites for hydroxylation is 1. The molecule has 1 aliphatic heterocycles. The first-order valence-corrected chi connectivity index (χ1v) is 10.9. The Labute approximate surface area is 191 Å². The molecular formula is C25H27N3O5. The number of nitrogens with two attached hydrogens (primary N) is 1. The van der Waals surface area contributed by atoms with E-state index >= 15 is 0 Å². The number of hydrogen-bond donors (Lipinski definition) is 1. The van der Waals surface area contributed by atoms with Crippen molar-refractivity contribution >= 4 is 11.8 Å². The quantitative estimate of drug-likeness (QED) is 0.526. The van der Waals surface area contributed by atoms with Crippen LogP contribution in [0.25, 0.3) is 0 Å². The predicted molar refractivity (Wildman–Crippen MR) is 122 cm³/mol. The van der Waals surface area contributed by atoms with Gasteiger partial charge < -0.3 is 19.9 Å². The minimum atomic E-state index is -0.499. The molecule has 1 aromatic heterocycles. The fourth-order valence-electron chi connectivity index (χ4n) is 3.65. The first-order chi connectivity index (χ1) is 16.0. The summed E-state index contributed by atoms with van der Waals surface area (Å²) in [6, 6.07) is 17.0. The molecule has 2 atom stereocenters. The van der Waals surface area contributed by atoms with Crippen LogP contribution in [0.4, 0.5) is 5.82 Å². The Kier molecular flexibility index (Phi) is 7.16. The molecule has 4 rings (SSSR count). The van der Waals surface area contributed by atoms with Crippen molar-refractivity contribution in [3.63, 3.8) is 0 Å². The van der Waals surface area contributed by atoms with Crippen LogP contribution in [0.1, 0.15) is 46.1 Å². The van der Waals surface area contributed by atoms with Crippen molar-refractivity contribution in [2.24, 2.45) is 0 Å². The molecule has 33 heavy (non-hydrogen) atoms. The number of esters is 1. The Morgan fingerprint density at radius 1 is 1.12 bits per heavy atom. The van der Waals surface area contributed by atoms with Crippen LogP contribution in [0.2, 0.25) is 0 Å². The van der Waals surface area contributed by atoms with Crippen molar-refractivity contribution in [2.45, 2.75) is 45.3 Å². The van der Waals surface area contributed by atoms with Gasteiger partial charge in [0.15, 0.2) is 0 Å². The van der Waals surface area contributed by atoms with E-state index in [9.17, 15) is 9.59 Å². The molecule has 1 fully saturated rings. The van der Waals surface area contributed by atoms with Crippen molar-refractivity contribution < 1.29 is 19.0 Å². The number of nitrogens with zero attached hydrogens (tertiary/aromatic N) is 2. The van der Waals surface area contributed by atoms with Gasteiger partial charge in [0.05, 0.1) is 24.9 Å². The Morgan fingerprint density at radius 3 is 2.64 bits per heavy atom. The standard InChI is InChI=1S/C25H27N3O5/c1-17-7-9-19(10-8-17)24(29)32-16-21-11-12-22(33-21)28-13-20(23(26)27-25(28)30)15-31-14-18-5-3-2-4-6-18/h2-10,13,21-22H,11-12,14-16H2,1H3,(H2,26,27,30). The summed E-state index contributed by atoms with van der Waals surface area (Å²) in [7, 11) is 0. The van der Waals surface area contributed by atoms with E-state index in [-0.39, 0.29) is 25.1 Å². The molecule has 2 aromatic carbocycles. The highest BCUT2D eigenvalue weighted by molar-refractivity contribution is 5.89. The third kappa shape index (κ3) is 5.85. The van der Waals surface area contributed by atoms with Gasteiger partial charge in [-0.15, -0.1) is 0 Å². The van der Waals surface area contributed by atoms with Gasteiger partial charge in [-0.1, -0.05) is 48.0 Å². The smallest absolute Gasteiger partial charge is 0.351 e. The number of carbonyl (C=O) groups is 1. The molecule has 0 radical (unpaired) electrons. The van der Waals surface area contributed by atoms with Gasteiger partial charge in [0, 0.05) is 11.8 Å². The van der Waals surface area contributed by atoms with E-state index in [1.165, 1.54) is 4.57 Å². The van der Waals surface area contributed by atoms with Gasteiger partial charge in [-0.05, 0) is 37.5 Å². The van der Waals surface area contributed by atoms with Gasteiger partial charge in [-0.25, -0.2) is 9.59 Å². The number of anilines is 1. The van der Waals surface area contributed by atoms with Crippen LogP contribution in [0.3, 0.4) is 0 Å². The van der Waals surface area contributed by atoms with Crippen LogP contribution in [-0.2, 0) is 27.4 Å². The fourth-order valence-corrected chi connectivity index (χ4v) is 3.65. The zero-order chi connectivity index (χ0) is 23.2. The third-order valence-corrected chi connectivity index (χ3v) is 5.51. The lowest BCUT2D eigenvalue weighted by molar-refractivity contribution is -0.0341. The Hall–Kier alpha value is -3.49. The van der Waals surface area contributed by atoms with Crippen LogP contribution >= 0.6 is 0 Å². The maximum absolute atomic E-state index is 12.4. The van der Waals surface area contributed by atoms with E-state index in [0.29, 0.717) is 30.6 Å². The minimum Gasteiger partial charge on any atom is -0.459 e. The Morgan fingerprint density at radius 2 is 1.88 bits per heavy atom. The van der Waals surface area contributed by atoms with Gasteiger partial charge in [-0.2, -0.15) is 4.98 Å². The third-order valence-electron chi connectivity index (χ3n) is 5.51. The zero-order valence-corrected chi connectivity index (χ0v) is 18.5. The molecule has 0 spiro atoms. The lowest BCUT2D eigenvalue weighted by Crippen LogP contribution is -2.29. The lowest BCUT2D eigenvalue weighted by atomic mass is 10.1. The monoisotopic (exact) mass is 449 g/mol. The van der Waals surface area contributed by atoms with E-state index in [4.69, 9.17) is 19.9 Å². The highest BCUT2D eigenvalue weighted by Crippen LogP contribution is 2.28. The van der Waals surface area contributed by atoms with Crippen molar-refractivity contribution in [3.8, 4) is 0 Å². The number of aromatic nitrogens is 2. The summed E-state index contributed by atoms with van der Waals surface area (Å²) in [4.78, 5) is 28.6. The second-order valence-corrected chi connectivity index (χ2v) is 8.07. The van der Waals surface area contributed by atoms with Crippen LogP contribution in [0.5, 0.6) is 0 Å². The number of hydrogen-bond acceptors (Lipinski definition) is 7. The predicted octanol–water partition coefficient (Wildman–Crippen LogP) is 3.39. The van der Waals surface area contributed by atoms with E-state index in [0.717, 1.165) is 11.1 Å². The number of nitrogen functional groups attached to an aromatic ring is 1. The van der Waals surface area contributed by atoms with Gasteiger partial charge in [0.2, 0.25) is 0 Å². The molecule has 0 bridgehead atoms. The van der Waals surface area contributed by atoms with E-state index in [1.54, 1.807) is 18.3 Å². The summed E-state index contributed by atoms with van der Waals surface area (Å²) >= 11 is 0. The summed E-state index contributed by atoms with van der Waals surface area (Å²) in [5.74, 6) is -0.253. The first-order valence-electron chi connectivity index (χ1n) is 10.9. The average molecular weight is 450 g/mol. The topological polar surface area (TPSA) is 106 Å². The molecule has 1 saturated heterocycles. The Bertz CT molecular complexity index is 1140. The fraction of sp³-hybridized carbons (Fsp3) is 0.320. The summed E-state index contributed by atoms with van der Waals surface area (Å²) in [6.07, 6.45) is 2.10. The molecular weight excluding hydrogens is 422 g/mol. The second kappa shape index (κ2) is 10.4. The lowest BCUT2D eigenvalue weighted by Gasteiger charge is -2.17. The highest BCUT2D eigenvalue weighted by atomic mass is 16.6. The maximum atomic E-state index is 12.4. The summed E-state index contributed by atoms with van der Waals surface area (Å²) in [5, 5.41) is 0. The van der Waals surface area contributed by atoms with Crippen molar-refractivity contribution in [1.82, 2.24) is 9.55 Å². The number of benzene rings is 2. The molecule has 0 saturated carbocycles. The maximum Gasteiger partial charge on any atom is 0.351 e. The van der Waals surface area contributed by atoms with Gasteiger partial charge in [-0.3, -0.25) is 4.57 Å². The molecule has 0 amide bonds. The summed E-state index contributed by atoms with van der Waals surface area (Å²) in [6.45, 7) is 2.72. The molecule has 8 nitrogen and oxygen atoms in total. The van der Waals surface area contributed by atoms with Crippen LogP contribution in [0.15, 0.2) is 65.6 Å². The average Bonchev–Trinajstić information content (AvgIpc) is 3.29. The number of rotatable bonds is 8. The van der Waals surface area contributed by atoms with E-state index < -0.39 is 17.9 Å². The first kappa shape index (κ1) is 22.7. The van der Waals surface area contributed by atoms with Crippen molar-refractivity contribution in [1.29, 1.82) is 0 Å². The van der Waals surface area contributed by atoms with Crippen LogP contribution < -0.4 is 11.4 Å². The molecule has 0 aliphatic carbocycles. The zero-order valence-electron chi connectivity index (χ0n) is 18.5. The number of carbonyl (C=O) groups excluding carboxylic acids is 1. The Balaban J connectivity index is 1.33. The van der Waals surface area contributed by atoms with Gasteiger partial charge in [0.25, 0.3) is 0 Å². The van der Waals surface area contributed by atoms with Crippen molar-refractivity contribution in [2.75, 3.05) is 12.3 Å². The SMILES string of the molecule is Cc1ccc(C(=O)OCC2CCC(n3cc(COCc4ccccc4)c(N)nc3=O)O2)cc1. The van der Waals surface area contributed by atoms with E-state index in [1.807, 2.05) is 49.4 Å². The summed E-state index contributed by atoms with van der Waals surface area (Å²) in [5.41, 5.74) is 8.67. The summed E-state index contributed by atoms with van der Waals surface area (Å²) < 4.78 is 18.5. The molecule has 2 unspecified atom stereocenters. The van der Waals surface area contributed by atoms with Crippen LogP contribution in [0, 0.1) is 6.92 Å². The molecule has 1 aliphatic rings. The van der Waals surface area contributed by atoms with E-state index in [2.05, 4.69) is 4.98 Å².